The first-order valence-electron chi connectivity index (χ1n) is 7.82. The number of benzene rings is 2. The number of rotatable bonds is 6. The lowest BCUT2D eigenvalue weighted by Gasteiger charge is -2.18. The molecule has 6 nitrogen and oxygen atoms in total. The van der Waals surface area contributed by atoms with E-state index in [1.165, 1.54) is 26.3 Å². The number of ether oxygens (including phenoxy) is 1. The first-order valence-corrected chi connectivity index (χ1v) is 9.64. The summed E-state index contributed by atoms with van der Waals surface area (Å²) in [6.07, 6.45) is 0. The van der Waals surface area contributed by atoms with Gasteiger partial charge in [-0.3, -0.25) is 4.79 Å². The fourth-order valence-electron chi connectivity index (χ4n) is 2.30. The van der Waals surface area contributed by atoms with Gasteiger partial charge in [-0.1, -0.05) is 29.3 Å². The highest BCUT2D eigenvalue weighted by molar-refractivity contribution is 7.89. The lowest BCUT2D eigenvalue weighted by Crippen LogP contribution is -2.35. The van der Waals surface area contributed by atoms with Crippen LogP contribution in [0.5, 0.6) is 5.75 Å². The molecule has 0 spiro atoms. The van der Waals surface area contributed by atoms with Gasteiger partial charge in [-0.05, 0) is 37.6 Å². The van der Waals surface area contributed by atoms with Crippen LogP contribution in [0.3, 0.4) is 0 Å². The van der Waals surface area contributed by atoms with Crippen molar-refractivity contribution in [3.05, 3.63) is 52.5 Å². The molecule has 1 N–H and O–H groups in total. The zero-order chi connectivity index (χ0) is 19.5. The highest BCUT2D eigenvalue weighted by atomic mass is 35.5. The molecule has 0 bridgehead atoms. The molecule has 1 amide bonds. The van der Waals surface area contributed by atoms with E-state index in [1.807, 2.05) is 6.92 Å². The predicted molar refractivity (Wildman–Crippen MR) is 102 cm³/mol. The number of amides is 1. The molecule has 0 aromatic heterocycles. The molecular formula is C18H21ClN2O4S. The highest BCUT2D eigenvalue weighted by Crippen LogP contribution is 2.31. The summed E-state index contributed by atoms with van der Waals surface area (Å²) in [6, 6.07) is 9.73. The van der Waals surface area contributed by atoms with Crippen molar-refractivity contribution in [1.82, 2.24) is 4.31 Å². The Morgan fingerprint density at radius 1 is 1.19 bits per heavy atom. The number of sulfonamides is 1. The maximum absolute atomic E-state index is 12.6. The van der Waals surface area contributed by atoms with Crippen LogP contribution in [0.2, 0.25) is 5.02 Å². The molecule has 2 rings (SSSR count). The third kappa shape index (κ3) is 4.55. The summed E-state index contributed by atoms with van der Waals surface area (Å²) in [5, 5.41) is 3.18. The quantitative estimate of drug-likeness (QED) is 0.813. The second kappa shape index (κ2) is 8.07. The Kier molecular flexibility index (Phi) is 6.28. The number of anilines is 1. The van der Waals surface area contributed by atoms with E-state index >= 15 is 0 Å². The number of nitrogens with one attached hydrogen (secondary N) is 1. The van der Waals surface area contributed by atoms with Gasteiger partial charge in [0, 0.05) is 18.1 Å². The number of methoxy groups -OCH3 is 1. The van der Waals surface area contributed by atoms with Gasteiger partial charge in [0.25, 0.3) is 0 Å². The molecule has 8 heteroatoms. The Morgan fingerprint density at radius 2 is 1.81 bits per heavy atom. The fourth-order valence-corrected chi connectivity index (χ4v) is 3.58. The summed E-state index contributed by atoms with van der Waals surface area (Å²) >= 11 is 6.04. The van der Waals surface area contributed by atoms with Crippen molar-refractivity contribution < 1.29 is 17.9 Å². The summed E-state index contributed by atoms with van der Waals surface area (Å²) in [7, 11) is -0.930. The van der Waals surface area contributed by atoms with Crippen LogP contribution >= 0.6 is 11.6 Å². The van der Waals surface area contributed by atoms with Gasteiger partial charge < -0.3 is 10.1 Å². The number of likely N-dealkylation sites (N-methyl/N-ethyl adjacent to an activating group) is 1. The topological polar surface area (TPSA) is 75.7 Å². The van der Waals surface area contributed by atoms with Crippen LogP contribution in [-0.2, 0) is 14.8 Å². The van der Waals surface area contributed by atoms with Crippen molar-refractivity contribution >= 4 is 33.2 Å². The van der Waals surface area contributed by atoms with E-state index in [0.717, 1.165) is 15.4 Å². The number of hydrogen-bond acceptors (Lipinski definition) is 4. The SMILES string of the molecule is COc1cc(Cl)c(C)cc1NC(=O)CN(C)S(=O)(=O)c1ccc(C)cc1. The summed E-state index contributed by atoms with van der Waals surface area (Å²) in [5.41, 5.74) is 2.15. The molecule has 0 aliphatic carbocycles. The number of carbonyl (C=O) groups is 1. The third-order valence-corrected chi connectivity index (χ3v) is 6.08. The number of aryl methyl sites for hydroxylation is 2. The Labute approximate surface area is 158 Å². The average molecular weight is 397 g/mol. The molecule has 0 aliphatic rings. The van der Waals surface area contributed by atoms with Crippen LogP contribution in [0.4, 0.5) is 5.69 Å². The monoisotopic (exact) mass is 396 g/mol. The zero-order valence-corrected chi connectivity index (χ0v) is 16.6. The number of hydrogen-bond donors (Lipinski definition) is 1. The summed E-state index contributed by atoms with van der Waals surface area (Å²) in [4.78, 5) is 12.5. The first-order chi connectivity index (χ1) is 12.1. The summed E-state index contributed by atoms with van der Waals surface area (Å²) in [6.45, 7) is 3.33. The van der Waals surface area contributed by atoms with E-state index in [-0.39, 0.29) is 11.4 Å². The van der Waals surface area contributed by atoms with E-state index in [9.17, 15) is 13.2 Å². The lowest BCUT2D eigenvalue weighted by molar-refractivity contribution is -0.116. The molecule has 2 aromatic rings. The average Bonchev–Trinajstić information content (AvgIpc) is 2.58. The van der Waals surface area contributed by atoms with Crippen molar-refractivity contribution in [2.45, 2.75) is 18.7 Å². The van der Waals surface area contributed by atoms with Crippen LogP contribution in [0, 0.1) is 13.8 Å². The molecule has 0 unspecified atom stereocenters. The minimum absolute atomic E-state index is 0.137. The number of carbonyl (C=O) groups excluding carboxylic acids is 1. The van der Waals surface area contributed by atoms with Crippen molar-refractivity contribution in [3.63, 3.8) is 0 Å². The number of nitrogens with zero attached hydrogens (tertiary/aromatic N) is 1. The molecule has 2 aromatic carbocycles. The molecule has 0 heterocycles. The standard InChI is InChI=1S/C18H21ClN2O4S/c1-12-5-7-14(8-6-12)26(23,24)21(3)11-18(22)20-16-9-13(2)15(19)10-17(16)25-4/h5-10H,11H2,1-4H3,(H,20,22). The van der Waals surface area contributed by atoms with E-state index in [2.05, 4.69) is 5.32 Å². The van der Waals surface area contributed by atoms with Crippen molar-refractivity contribution in [2.75, 3.05) is 26.0 Å². The Balaban J connectivity index is 2.14. The molecule has 0 aliphatic heterocycles. The summed E-state index contributed by atoms with van der Waals surface area (Å²) < 4.78 is 31.3. The summed E-state index contributed by atoms with van der Waals surface area (Å²) in [5.74, 6) is -0.0822. The Bertz CT molecular complexity index is 912. The number of halogens is 1. The smallest absolute Gasteiger partial charge is 0.243 e. The second-order valence-corrected chi connectivity index (χ2v) is 8.38. The second-order valence-electron chi connectivity index (χ2n) is 5.92. The highest BCUT2D eigenvalue weighted by Gasteiger charge is 2.23. The van der Waals surface area contributed by atoms with Gasteiger partial charge in [-0.15, -0.1) is 0 Å². The maximum atomic E-state index is 12.6. The van der Waals surface area contributed by atoms with E-state index in [1.54, 1.807) is 31.2 Å². The van der Waals surface area contributed by atoms with E-state index < -0.39 is 15.9 Å². The van der Waals surface area contributed by atoms with Gasteiger partial charge >= 0.3 is 0 Å². The fraction of sp³-hybridized carbons (Fsp3) is 0.278. The van der Waals surface area contributed by atoms with Gasteiger partial charge in [0.2, 0.25) is 15.9 Å². The Morgan fingerprint density at radius 3 is 2.38 bits per heavy atom. The molecule has 0 atom stereocenters. The zero-order valence-electron chi connectivity index (χ0n) is 15.0. The molecule has 0 radical (unpaired) electrons. The minimum Gasteiger partial charge on any atom is -0.495 e. The van der Waals surface area contributed by atoms with Crippen molar-refractivity contribution in [1.29, 1.82) is 0 Å². The molecule has 140 valence electrons. The van der Waals surface area contributed by atoms with Gasteiger partial charge in [-0.2, -0.15) is 4.31 Å². The van der Waals surface area contributed by atoms with E-state index in [0.29, 0.717) is 16.5 Å². The van der Waals surface area contributed by atoms with E-state index in [4.69, 9.17) is 16.3 Å². The van der Waals surface area contributed by atoms with Crippen LogP contribution < -0.4 is 10.1 Å². The molecule has 0 fully saturated rings. The molecule has 0 saturated heterocycles. The van der Waals surface area contributed by atoms with Gasteiger partial charge in [0.15, 0.2) is 0 Å². The maximum Gasteiger partial charge on any atom is 0.243 e. The largest absolute Gasteiger partial charge is 0.495 e. The van der Waals surface area contributed by atoms with Crippen LogP contribution in [0.25, 0.3) is 0 Å². The van der Waals surface area contributed by atoms with Crippen LogP contribution in [0.1, 0.15) is 11.1 Å². The minimum atomic E-state index is -3.75. The molecule has 26 heavy (non-hydrogen) atoms. The van der Waals surface area contributed by atoms with Gasteiger partial charge in [0.1, 0.15) is 5.75 Å². The Hall–Kier alpha value is -2.09. The molecular weight excluding hydrogens is 376 g/mol. The molecule has 0 saturated carbocycles. The van der Waals surface area contributed by atoms with Crippen LogP contribution in [0.15, 0.2) is 41.3 Å². The normalized spacial score (nSPS) is 11.5. The third-order valence-electron chi connectivity index (χ3n) is 3.85. The van der Waals surface area contributed by atoms with Gasteiger partial charge in [-0.25, -0.2) is 8.42 Å². The van der Waals surface area contributed by atoms with Gasteiger partial charge in [0.05, 0.1) is 24.2 Å². The predicted octanol–water partition coefficient (Wildman–Crippen LogP) is 3.22. The first kappa shape index (κ1) is 20.2. The van der Waals surface area contributed by atoms with Crippen molar-refractivity contribution in [3.8, 4) is 5.75 Å². The van der Waals surface area contributed by atoms with Crippen molar-refractivity contribution in [2.24, 2.45) is 0 Å². The van der Waals surface area contributed by atoms with Crippen LogP contribution in [-0.4, -0.2) is 39.3 Å². The lowest BCUT2D eigenvalue weighted by atomic mass is 10.2.